The fraction of sp³-hybridized carbons (Fsp3) is 0.625. The zero-order valence-electron chi connectivity index (χ0n) is 7.27. The van der Waals surface area contributed by atoms with Crippen LogP contribution in [0, 0.1) is 0 Å². The van der Waals surface area contributed by atoms with Gasteiger partial charge in [-0.3, -0.25) is 0 Å². The maximum atomic E-state index is 11.1. The first kappa shape index (κ1) is 10.9. The minimum absolute atomic E-state index is 0.244. The predicted molar refractivity (Wildman–Crippen MR) is 53.6 cm³/mol. The first-order chi connectivity index (χ1) is 4.87. The third kappa shape index (κ3) is 5.24. The van der Waals surface area contributed by atoms with Gasteiger partial charge in [0, 0.05) is 5.57 Å². The molecule has 0 aromatic rings. The van der Waals surface area contributed by atoms with E-state index in [1.807, 2.05) is 43.4 Å². The van der Waals surface area contributed by atoms with Crippen molar-refractivity contribution >= 4 is 28.6 Å². The number of hydrogen-bond acceptors (Lipinski definition) is 2. The minimum Gasteiger partial charge on any atom is -0.457 e. The van der Waals surface area contributed by atoms with Crippen LogP contribution in [0.2, 0.25) is 0 Å². The zero-order chi connectivity index (χ0) is 9.07. The molecule has 64 valence electrons. The molecular formula is C8H13IO2. The van der Waals surface area contributed by atoms with Crippen LogP contribution < -0.4 is 0 Å². The van der Waals surface area contributed by atoms with E-state index in [0.29, 0.717) is 5.57 Å². The van der Waals surface area contributed by atoms with Gasteiger partial charge in [-0.1, -0.05) is 22.6 Å². The molecule has 0 spiro atoms. The molecule has 0 N–H and O–H groups in total. The van der Waals surface area contributed by atoms with Crippen LogP contribution >= 0.6 is 22.6 Å². The summed E-state index contributed by atoms with van der Waals surface area (Å²) < 4.78 is 6.79. The van der Waals surface area contributed by atoms with Crippen molar-refractivity contribution in [2.45, 2.75) is 33.3 Å². The van der Waals surface area contributed by atoms with Crippen molar-refractivity contribution in [3.05, 3.63) is 9.66 Å². The predicted octanol–water partition coefficient (Wildman–Crippen LogP) is 2.67. The van der Waals surface area contributed by atoms with Crippen molar-refractivity contribution in [3.8, 4) is 0 Å². The molecule has 0 unspecified atom stereocenters. The van der Waals surface area contributed by atoms with Gasteiger partial charge in [-0.05, 0) is 31.8 Å². The number of carbonyl (C=O) groups is 1. The lowest BCUT2D eigenvalue weighted by Crippen LogP contribution is -2.24. The second-order valence-corrected chi connectivity index (χ2v) is 3.92. The van der Waals surface area contributed by atoms with E-state index in [2.05, 4.69) is 0 Å². The monoisotopic (exact) mass is 268 g/mol. The van der Waals surface area contributed by atoms with Crippen LogP contribution in [-0.4, -0.2) is 11.6 Å². The highest BCUT2D eigenvalue weighted by molar-refractivity contribution is 14.1. The van der Waals surface area contributed by atoms with E-state index >= 15 is 0 Å². The second kappa shape index (κ2) is 4.09. The van der Waals surface area contributed by atoms with Gasteiger partial charge in [0.25, 0.3) is 0 Å². The lowest BCUT2D eigenvalue weighted by molar-refractivity contribution is -0.149. The number of hydrogen-bond donors (Lipinski definition) is 0. The van der Waals surface area contributed by atoms with E-state index in [0.717, 1.165) is 0 Å². The minimum atomic E-state index is -0.391. The summed E-state index contributed by atoms with van der Waals surface area (Å²) in [5, 5.41) is 0. The van der Waals surface area contributed by atoms with Gasteiger partial charge < -0.3 is 4.74 Å². The molecule has 0 bridgehead atoms. The molecule has 0 atom stereocenters. The van der Waals surface area contributed by atoms with E-state index in [1.165, 1.54) is 0 Å². The van der Waals surface area contributed by atoms with E-state index in [1.54, 1.807) is 11.0 Å². The van der Waals surface area contributed by atoms with Crippen LogP contribution in [0.3, 0.4) is 0 Å². The zero-order valence-corrected chi connectivity index (χ0v) is 9.43. The van der Waals surface area contributed by atoms with E-state index in [4.69, 9.17) is 4.74 Å². The van der Waals surface area contributed by atoms with Crippen LogP contribution in [0.15, 0.2) is 9.66 Å². The van der Waals surface area contributed by atoms with Crippen molar-refractivity contribution < 1.29 is 9.53 Å². The van der Waals surface area contributed by atoms with Crippen LogP contribution in [0.4, 0.5) is 0 Å². The van der Waals surface area contributed by atoms with Gasteiger partial charge in [-0.2, -0.15) is 0 Å². The smallest absolute Gasteiger partial charge is 0.334 e. The Labute approximate surface area is 81.1 Å². The highest BCUT2D eigenvalue weighted by Gasteiger charge is 2.16. The largest absolute Gasteiger partial charge is 0.457 e. The molecular weight excluding hydrogens is 255 g/mol. The van der Waals surface area contributed by atoms with Gasteiger partial charge in [0.05, 0.1) is 0 Å². The third-order valence-corrected chi connectivity index (χ3v) is 1.82. The van der Waals surface area contributed by atoms with Gasteiger partial charge in [0.1, 0.15) is 5.60 Å². The molecule has 0 aliphatic carbocycles. The summed E-state index contributed by atoms with van der Waals surface area (Å²) >= 11 is 2.02. The SMILES string of the molecule is C/C(=C\I)C(=O)OC(C)(C)C. The van der Waals surface area contributed by atoms with Crippen LogP contribution in [0.25, 0.3) is 0 Å². The molecule has 0 saturated heterocycles. The Morgan fingerprint density at radius 3 is 2.18 bits per heavy atom. The number of esters is 1. The first-order valence-electron chi connectivity index (χ1n) is 3.37. The molecule has 2 nitrogen and oxygen atoms in total. The van der Waals surface area contributed by atoms with Crippen LogP contribution in [0.1, 0.15) is 27.7 Å². The summed E-state index contributed by atoms with van der Waals surface area (Å²) in [7, 11) is 0. The maximum absolute atomic E-state index is 11.1. The average molecular weight is 268 g/mol. The van der Waals surface area contributed by atoms with Crippen LogP contribution in [-0.2, 0) is 9.53 Å². The normalized spacial score (nSPS) is 13.0. The lowest BCUT2D eigenvalue weighted by Gasteiger charge is -2.19. The topological polar surface area (TPSA) is 26.3 Å². The molecule has 0 saturated carbocycles. The Balaban J connectivity index is 4.10. The molecule has 11 heavy (non-hydrogen) atoms. The number of halogens is 1. The lowest BCUT2D eigenvalue weighted by atomic mass is 10.2. The molecule has 0 radical (unpaired) electrons. The summed E-state index contributed by atoms with van der Waals surface area (Å²) in [4.78, 5) is 11.1. The van der Waals surface area contributed by atoms with Crippen molar-refractivity contribution in [3.63, 3.8) is 0 Å². The highest BCUT2D eigenvalue weighted by Crippen LogP contribution is 2.11. The third-order valence-electron chi connectivity index (χ3n) is 0.885. The van der Waals surface area contributed by atoms with Gasteiger partial charge in [-0.15, -0.1) is 0 Å². The Bertz CT molecular complexity index is 177. The Hall–Kier alpha value is -0.0600. The van der Waals surface area contributed by atoms with Gasteiger partial charge in [0.2, 0.25) is 0 Å². The van der Waals surface area contributed by atoms with Crippen molar-refractivity contribution in [1.29, 1.82) is 0 Å². The summed E-state index contributed by atoms with van der Waals surface area (Å²) in [6.45, 7) is 7.29. The molecule has 0 aromatic carbocycles. The molecule has 0 rings (SSSR count). The fourth-order valence-corrected chi connectivity index (χ4v) is 0.657. The molecule has 0 heterocycles. The molecule has 3 heteroatoms. The summed E-state index contributed by atoms with van der Waals surface area (Å²) in [6, 6.07) is 0. The van der Waals surface area contributed by atoms with E-state index in [9.17, 15) is 4.79 Å². The van der Waals surface area contributed by atoms with Gasteiger partial charge in [-0.25, -0.2) is 4.79 Å². The molecule has 0 amide bonds. The highest BCUT2D eigenvalue weighted by atomic mass is 127. The standard InChI is InChI=1S/C8H13IO2/c1-6(5-9)7(10)11-8(2,3)4/h5H,1-4H3/b6-5+. The first-order valence-corrected chi connectivity index (χ1v) is 4.61. The fourth-order valence-electron chi connectivity index (χ4n) is 0.403. The number of ether oxygens (including phenoxy) is 1. The molecule has 0 fully saturated rings. The Morgan fingerprint density at radius 2 is 1.91 bits per heavy atom. The maximum Gasteiger partial charge on any atom is 0.334 e. The summed E-state index contributed by atoms with van der Waals surface area (Å²) in [6.07, 6.45) is 0. The number of rotatable bonds is 1. The van der Waals surface area contributed by atoms with Gasteiger partial charge in [0.15, 0.2) is 0 Å². The van der Waals surface area contributed by atoms with E-state index in [-0.39, 0.29) is 5.97 Å². The number of carbonyl (C=O) groups excluding carboxylic acids is 1. The average Bonchev–Trinajstić information content (AvgIpc) is 1.82. The van der Waals surface area contributed by atoms with Crippen LogP contribution in [0.5, 0.6) is 0 Å². The quantitative estimate of drug-likeness (QED) is 0.415. The Morgan fingerprint density at radius 1 is 1.45 bits per heavy atom. The van der Waals surface area contributed by atoms with Gasteiger partial charge >= 0.3 is 5.97 Å². The Kier molecular flexibility index (Phi) is 4.07. The second-order valence-electron chi connectivity index (χ2n) is 3.29. The molecule has 0 aliphatic heterocycles. The molecule has 0 aliphatic rings. The van der Waals surface area contributed by atoms with Crippen molar-refractivity contribution in [1.82, 2.24) is 0 Å². The van der Waals surface area contributed by atoms with E-state index < -0.39 is 5.60 Å². The summed E-state index contributed by atoms with van der Waals surface area (Å²) in [5.74, 6) is -0.244. The van der Waals surface area contributed by atoms with Crippen molar-refractivity contribution in [2.24, 2.45) is 0 Å². The van der Waals surface area contributed by atoms with Crippen molar-refractivity contribution in [2.75, 3.05) is 0 Å². The summed E-state index contributed by atoms with van der Waals surface area (Å²) in [5.41, 5.74) is 0.248. The molecule has 0 aromatic heterocycles.